The molecule has 0 saturated heterocycles. The molecule has 0 saturated carbocycles. The van der Waals surface area contributed by atoms with E-state index in [9.17, 15) is 14.9 Å². The van der Waals surface area contributed by atoms with Crippen LogP contribution in [0.15, 0.2) is 66.0 Å². The number of nitrogens with one attached hydrogen (secondary N) is 1. The van der Waals surface area contributed by atoms with Gasteiger partial charge in [0.05, 0.1) is 11.0 Å². The quantitative estimate of drug-likeness (QED) is 0.472. The first-order valence-electron chi connectivity index (χ1n) is 9.94. The summed E-state index contributed by atoms with van der Waals surface area (Å²) in [6, 6.07) is 18.9. The number of nitro groups is 1. The first kappa shape index (κ1) is 20.3. The van der Waals surface area contributed by atoms with Crippen molar-refractivity contribution in [2.75, 3.05) is 13.1 Å². The van der Waals surface area contributed by atoms with Gasteiger partial charge in [-0.3, -0.25) is 19.8 Å². The number of thiophene rings is 1. The summed E-state index contributed by atoms with van der Waals surface area (Å²) in [5.74, 6) is -0.220. The molecule has 7 heteroatoms. The fourth-order valence-corrected chi connectivity index (χ4v) is 5.14. The van der Waals surface area contributed by atoms with Gasteiger partial charge in [-0.05, 0) is 48.1 Å². The van der Waals surface area contributed by atoms with Crippen molar-refractivity contribution in [3.05, 3.63) is 97.7 Å². The van der Waals surface area contributed by atoms with Gasteiger partial charge in [-0.2, -0.15) is 0 Å². The second kappa shape index (κ2) is 8.77. The SMILES string of the molecule is C[C@H]1Cc2ccsc2[C@H](c2ccccc2)N1CCNC(=O)c1ccc([N+](=O)[O-])cc1. The number of nitrogens with zero attached hydrogens (tertiary/aromatic N) is 2. The van der Waals surface area contributed by atoms with Crippen LogP contribution in [0.2, 0.25) is 0 Å². The Labute approximate surface area is 179 Å². The molecule has 2 atom stereocenters. The number of fused-ring (bicyclic) bond motifs is 1. The van der Waals surface area contributed by atoms with Crippen LogP contribution in [0, 0.1) is 10.1 Å². The fraction of sp³-hybridized carbons (Fsp3) is 0.261. The molecule has 1 aliphatic heterocycles. The van der Waals surface area contributed by atoms with Gasteiger partial charge in [0.1, 0.15) is 0 Å². The van der Waals surface area contributed by atoms with E-state index in [0.717, 1.165) is 13.0 Å². The standard InChI is InChI=1S/C23H23N3O3S/c1-16-15-19-11-14-30-22(19)21(17-5-3-2-4-6-17)25(16)13-12-24-23(27)18-7-9-20(10-8-18)26(28)29/h2-11,14,16,21H,12-13,15H2,1H3,(H,24,27)/t16-,21-/m0/s1. The van der Waals surface area contributed by atoms with Gasteiger partial charge in [-0.1, -0.05) is 30.3 Å². The van der Waals surface area contributed by atoms with Gasteiger partial charge in [0.15, 0.2) is 0 Å². The number of benzene rings is 2. The summed E-state index contributed by atoms with van der Waals surface area (Å²) in [5.41, 5.74) is 3.07. The lowest BCUT2D eigenvalue weighted by Gasteiger charge is -2.41. The Morgan fingerprint density at radius 3 is 2.60 bits per heavy atom. The van der Waals surface area contributed by atoms with E-state index in [1.54, 1.807) is 11.3 Å². The zero-order valence-electron chi connectivity index (χ0n) is 16.7. The molecule has 1 aromatic heterocycles. The van der Waals surface area contributed by atoms with Gasteiger partial charge in [0.25, 0.3) is 11.6 Å². The van der Waals surface area contributed by atoms with Gasteiger partial charge >= 0.3 is 0 Å². The van der Waals surface area contributed by atoms with Crippen LogP contribution in [-0.2, 0) is 6.42 Å². The molecular weight excluding hydrogens is 398 g/mol. The van der Waals surface area contributed by atoms with Gasteiger partial charge < -0.3 is 5.32 Å². The molecule has 3 aromatic rings. The van der Waals surface area contributed by atoms with E-state index in [-0.39, 0.29) is 17.6 Å². The van der Waals surface area contributed by atoms with E-state index in [0.29, 0.717) is 18.2 Å². The van der Waals surface area contributed by atoms with E-state index >= 15 is 0 Å². The summed E-state index contributed by atoms with van der Waals surface area (Å²) in [4.78, 5) is 26.6. The molecule has 6 nitrogen and oxygen atoms in total. The maximum Gasteiger partial charge on any atom is 0.269 e. The van der Waals surface area contributed by atoms with E-state index in [2.05, 4.69) is 52.9 Å². The lowest BCUT2D eigenvalue weighted by Crippen LogP contribution is -2.45. The summed E-state index contributed by atoms with van der Waals surface area (Å²) in [6.07, 6.45) is 0.998. The van der Waals surface area contributed by atoms with E-state index < -0.39 is 4.92 Å². The first-order valence-corrected chi connectivity index (χ1v) is 10.8. The Balaban J connectivity index is 1.46. The summed E-state index contributed by atoms with van der Waals surface area (Å²) in [7, 11) is 0. The van der Waals surface area contributed by atoms with Crippen LogP contribution in [0.4, 0.5) is 5.69 Å². The zero-order chi connectivity index (χ0) is 21.1. The molecule has 1 aliphatic rings. The third kappa shape index (κ3) is 4.13. The highest BCUT2D eigenvalue weighted by Gasteiger charge is 2.33. The number of nitro benzene ring substituents is 1. The molecule has 0 radical (unpaired) electrons. The Hall–Kier alpha value is -3.03. The minimum Gasteiger partial charge on any atom is -0.351 e. The Kier molecular flexibility index (Phi) is 5.92. The topological polar surface area (TPSA) is 75.5 Å². The summed E-state index contributed by atoms with van der Waals surface area (Å²) < 4.78 is 0. The van der Waals surface area contributed by atoms with Crippen LogP contribution in [0.3, 0.4) is 0 Å². The monoisotopic (exact) mass is 421 g/mol. The summed E-state index contributed by atoms with van der Waals surface area (Å²) >= 11 is 1.79. The maximum absolute atomic E-state index is 12.5. The Morgan fingerprint density at radius 2 is 1.90 bits per heavy atom. The van der Waals surface area contributed by atoms with Crippen molar-refractivity contribution in [3.63, 3.8) is 0 Å². The minimum atomic E-state index is -0.470. The zero-order valence-corrected chi connectivity index (χ0v) is 17.5. The smallest absolute Gasteiger partial charge is 0.269 e. The number of hydrogen-bond acceptors (Lipinski definition) is 5. The molecule has 1 amide bonds. The molecular formula is C23H23N3O3S. The molecule has 0 aliphatic carbocycles. The van der Waals surface area contributed by atoms with Crippen molar-refractivity contribution in [2.45, 2.75) is 25.4 Å². The number of amides is 1. The number of carbonyl (C=O) groups excluding carboxylic acids is 1. The van der Waals surface area contributed by atoms with Gasteiger partial charge in [-0.25, -0.2) is 0 Å². The van der Waals surface area contributed by atoms with Crippen molar-refractivity contribution in [2.24, 2.45) is 0 Å². The van der Waals surface area contributed by atoms with E-state index in [1.807, 2.05) is 6.07 Å². The molecule has 30 heavy (non-hydrogen) atoms. The Bertz CT molecular complexity index is 1030. The van der Waals surface area contributed by atoms with Crippen LogP contribution in [0.25, 0.3) is 0 Å². The third-order valence-corrected chi connectivity index (χ3v) is 6.56. The number of carbonyl (C=O) groups is 1. The fourth-order valence-electron chi connectivity index (χ4n) is 4.06. The maximum atomic E-state index is 12.5. The predicted molar refractivity (Wildman–Crippen MR) is 118 cm³/mol. The van der Waals surface area contributed by atoms with Crippen LogP contribution < -0.4 is 5.32 Å². The van der Waals surface area contributed by atoms with Crippen molar-refractivity contribution in [1.29, 1.82) is 0 Å². The molecule has 0 spiro atoms. The predicted octanol–water partition coefficient (Wildman–Crippen LogP) is 4.42. The van der Waals surface area contributed by atoms with Crippen molar-refractivity contribution in [3.8, 4) is 0 Å². The van der Waals surface area contributed by atoms with Gasteiger partial charge in [-0.15, -0.1) is 11.3 Å². The highest BCUT2D eigenvalue weighted by Crippen LogP contribution is 2.40. The molecule has 0 bridgehead atoms. The molecule has 2 heterocycles. The van der Waals surface area contributed by atoms with Crippen molar-refractivity contribution < 1.29 is 9.72 Å². The molecule has 0 unspecified atom stereocenters. The second-order valence-corrected chi connectivity index (χ2v) is 8.42. The van der Waals surface area contributed by atoms with Crippen LogP contribution in [0.5, 0.6) is 0 Å². The molecule has 1 N–H and O–H groups in total. The lowest BCUT2D eigenvalue weighted by atomic mass is 9.91. The average Bonchev–Trinajstić information content (AvgIpc) is 3.22. The average molecular weight is 422 g/mol. The normalized spacial score (nSPS) is 18.6. The Morgan fingerprint density at radius 1 is 1.17 bits per heavy atom. The van der Waals surface area contributed by atoms with Crippen LogP contribution >= 0.6 is 11.3 Å². The number of hydrogen-bond donors (Lipinski definition) is 1. The van der Waals surface area contributed by atoms with Gasteiger partial charge in [0, 0.05) is 41.7 Å². The third-order valence-electron chi connectivity index (χ3n) is 5.55. The van der Waals surface area contributed by atoms with Crippen molar-refractivity contribution in [1.82, 2.24) is 10.2 Å². The van der Waals surface area contributed by atoms with Crippen molar-refractivity contribution >= 4 is 22.9 Å². The number of non-ortho nitro benzene ring substituents is 1. The number of rotatable bonds is 6. The summed E-state index contributed by atoms with van der Waals surface area (Å²) in [5, 5.41) is 15.9. The van der Waals surface area contributed by atoms with E-state index in [1.165, 1.54) is 40.3 Å². The highest BCUT2D eigenvalue weighted by atomic mass is 32.1. The molecule has 154 valence electrons. The second-order valence-electron chi connectivity index (χ2n) is 7.47. The first-order chi connectivity index (χ1) is 14.5. The van der Waals surface area contributed by atoms with E-state index in [4.69, 9.17) is 0 Å². The molecule has 0 fully saturated rings. The minimum absolute atomic E-state index is 0.0221. The lowest BCUT2D eigenvalue weighted by molar-refractivity contribution is -0.384. The molecule has 2 aromatic carbocycles. The van der Waals surface area contributed by atoms with Gasteiger partial charge in [0.2, 0.25) is 0 Å². The molecule has 4 rings (SSSR count). The van der Waals surface area contributed by atoms with Crippen LogP contribution in [-0.4, -0.2) is 34.9 Å². The largest absolute Gasteiger partial charge is 0.351 e. The van der Waals surface area contributed by atoms with Crippen LogP contribution in [0.1, 0.15) is 39.3 Å². The summed E-state index contributed by atoms with van der Waals surface area (Å²) in [6.45, 7) is 3.45. The highest BCUT2D eigenvalue weighted by molar-refractivity contribution is 7.10.